The molecule has 1 aliphatic rings. The van der Waals surface area contributed by atoms with Crippen LogP contribution >= 0.6 is 11.6 Å². The fourth-order valence-electron chi connectivity index (χ4n) is 2.93. The van der Waals surface area contributed by atoms with Crippen LogP contribution in [0.4, 0.5) is 14.9 Å². The summed E-state index contributed by atoms with van der Waals surface area (Å²) in [7, 11) is 0. The summed E-state index contributed by atoms with van der Waals surface area (Å²) in [5.74, 6) is -0.210. The van der Waals surface area contributed by atoms with Gasteiger partial charge in [-0.05, 0) is 35.9 Å². The molecule has 0 saturated carbocycles. The Bertz CT molecular complexity index is 798. The molecule has 136 valence electrons. The summed E-state index contributed by atoms with van der Waals surface area (Å²) in [4.78, 5) is 25.8. The minimum absolute atomic E-state index is 0.0383. The third-order valence-electron chi connectivity index (χ3n) is 4.22. The maximum atomic E-state index is 13.0. The van der Waals surface area contributed by atoms with Gasteiger partial charge < -0.3 is 15.5 Å². The lowest BCUT2D eigenvalue weighted by atomic mass is 10.1. The minimum Gasteiger partial charge on any atom is -0.338 e. The molecule has 1 atom stereocenters. The summed E-state index contributed by atoms with van der Waals surface area (Å²) < 4.78 is 13.0. The number of likely N-dealkylation sites (tertiary alicyclic amines) is 1. The normalized spacial score (nSPS) is 16.6. The summed E-state index contributed by atoms with van der Waals surface area (Å²) in [6.07, 6.45) is 0.388. The van der Waals surface area contributed by atoms with Crippen molar-refractivity contribution in [1.82, 2.24) is 10.2 Å². The van der Waals surface area contributed by atoms with Crippen LogP contribution in [0.25, 0.3) is 0 Å². The second-order valence-corrected chi connectivity index (χ2v) is 6.75. The van der Waals surface area contributed by atoms with E-state index in [9.17, 15) is 14.0 Å². The fraction of sp³-hybridized carbons (Fsp3) is 0.263. The van der Waals surface area contributed by atoms with Gasteiger partial charge in [-0.2, -0.15) is 0 Å². The number of hydrogen-bond donors (Lipinski definition) is 2. The highest BCUT2D eigenvalue weighted by molar-refractivity contribution is 6.30. The molecular weight excluding hydrogens is 357 g/mol. The number of rotatable bonds is 5. The molecular formula is C19H19ClFN3O2. The van der Waals surface area contributed by atoms with Crippen LogP contribution in [-0.4, -0.2) is 29.9 Å². The summed E-state index contributed by atoms with van der Waals surface area (Å²) in [5.41, 5.74) is 1.49. The van der Waals surface area contributed by atoms with Crippen molar-refractivity contribution >= 4 is 29.2 Å². The van der Waals surface area contributed by atoms with Gasteiger partial charge in [0.05, 0.1) is 0 Å². The van der Waals surface area contributed by atoms with Crippen LogP contribution in [0.2, 0.25) is 5.02 Å². The third-order valence-corrected chi connectivity index (χ3v) is 4.45. The number of anilines is 1. The third kappa shape index (κ3) is 4.95. The zero-order valence-electron chi connectivity index (χ0n) is 14.0. The van der Waals surface area contributed by atoms with Crippen LogP contribution in [0.5, 0.6) is 0 Å². The van der Waals surface area contributed by atoms with Crippen molar-refractivity contribution in [3.05, 3.63) is 64.9 Å². The first-order valence-electron chi connectivity index (χ1n) is 8.32. The Balaban J connectivity index is 1.46. The quantitative estimate of drug-likeness (QED) is 0.838. The molecule has 3 rings (SSSR count). The molecule has 2 aromatic rings. The molecule has 1 aliphatic heterocycles. The van der Waals surface area contributed by atoms with E-state index in [2.05, 4.69) is 10.6 Å². The van der Waals surface area contributed by atoms with Gasteiger partial charge in [0.2, 0.25) is 5.91 Å². The van der Waals surface area contributed by atoms with Crippen LogP contribution in [0, 0.1) is 11.7 Å². The Labute approximate surface area is 156 Å². The first kappa shape index (κ1) is 18.2. The SMILES string of the molecule is O=C(NC[C@H]1CC(=O)N(Cc2ccc(F)cc2)C1)Nc1cccc(Cl)c1. The molecule has 0 aliphatic carbocycles. The van der Waals surface area contributed by atoms with Crippen molar-refractivity contribution in [3.8, 4) is 0 Å². The van der Waals surface area contributed by atoms with Gasteiger partial charge in [-0.15, -0.1) is 0 Å². The lowest BCUT2D eigenvalue weighted by Crippen LogP contribution is -2.34. The molecule has 0 unspecified atom stereocenters. The second kappa shape index (κ2) is 8.19. The molecule has 1 saturated heterocycles. The van der Waals surface area contributed by atoms with E-state index in [0.29, 0.717) is 36.8 Å². The van der Waals surface area contributed by atoms with E-state index in [0.717, 1.165) is 5.56 Å². The number of nitrogens with one attached hydrogen (secondary N) is 2. The highest BCUT2D eigenvalue weighted by Crippen LogP contribution is 2.20. The van der Waals surface area contributed by atoms with Crippen molar-refractivity contribution < 1.29 is 14.0 Å². The maximum absolute atomic E-state index is 13.0. The van der Waals surface area contributed by atoms with Gasteiger partial charge in [0.15, 0.2) is 0 Å². The standard InChI is InChI=1S/C19H19ClFN3O2/c20-15-2-1-3-17(9-15)23-19(26)22-10-14-8-18(25)24(12-14)11-13-4-6-16(21)7-5-13/h1-7,9,14H,8,10-12H2,(H2,22,23,26)/t14-/m1/s1. The van der Waals surface area contributed by atoms with Crippen molar-refractivity contribution in [3.63, 3.8) is 0 Å². The number of amides is 3. The number of carbonyl (C=O) groups is 2. The summed E-state index contributed by atoms with van der Waals surface area (Å²) in [6, 6.07) is 12.7. The Hall–Kier alpha value is -2.60. The van der Waals surface area contributed by atoms with Crippen molar-refractivity contribution in [1.29, 1.82) is 0 Å². The predicted octanol–water partition coefficient (Wildman–Crippen LogP) is 3.65. The maximum Gasteiger partial charge on any atom is 0.319 e. The highest BCUT2D eigenvalue weighted by atomic mass is 35.5. The summed E-state index contributed by atoms with van der Waals surface area (Å²) in [5, 5.41) is 6.03. The van der Waals surface area contributed by atoms with Gasteiger partial charge in [-0.25, -0.2) is 9.18 Å². The topological polar surface area (TPSA) is 61.4 Å². The molecule has 1 fully saturated rings. The smallest absolute Gasteiger partial charge is 0.319 e. The van der Waals surface area contributed by atoms with Crippen molar-refractivity contribution in [2.75, 3.05) is 18.4 Å². The van der Waals surface area contributed by atoms with E-state index in [1.54, 1.807) is 41.3 Å². The lowest BCUT2D eigenvalue weighted by molar-refractivity contribution is -0.128. The minimum atomic E-state index is -0.336. The lowest BCUT2D eigenvalue weighted by Gasteiger charge is -2.17. The van der Waals surface area contributed by atoms with Gasteiger partial charge >= 0.3 is 6.03 Å². The Kier molecular flexibility index (Phi) is 5.73. The number of nitrogens with zero attached hydrogens (tertiary/aromatic N) is 1. The molecule has 0 aromatic heterocycles. The number of urea groups is 1. The van der Waals surface area contributed by atoms with Gasteiger partial charge in [-0.1, -0.05) is 29.8 Å². The van der Waals surface area contributed by atoms with Crippen LogP contribution in [0.3, 0.4) is 0 Å². The van der Waals surface area contributed by atoms with Gasteiger partial charge in [0.1, 0.15) is 5.82 Å². The number of carbonyl (C=O) groups excluding carboxylic acids is 2. The van der Waals surface area contributed by atoms with Crippen LogP contribution in [0.15, 0.2) is 48.5 Å². The van der Waals surface area contributed by atoms with E-state index in [1.807, 2.05) is 0 Å². The molecule has 0 radical (unpaired) electrons. The number of hydrogen-bond acceptors (Lipinski definition) is 2. The zero-order valence-corrected chi connectivity index (χ0v) is 14.8. The number of benzene rings is 2. The molecule has 0 bridgehead atoms. The Morgan fingerprint density at radius 2 is 2.00 bits per heavy atom. The highest BCUT2D eigenvalue weighted by Gasteiger charge is 2.29. The zero-order chi connectivity index (χ0) is 18.5. The first-order chi connectivity index (χ1) is 12.5. The molecule has 0 spiro atoms. The molecule has 26 heavy (non-hydrogen) atoms. The molecule has 2 N–H and O–H groups in total. The van der Waals surface area contributed by atoms with Crippen molar-refractivity contribution in [2.45, 2.75) is 13.0 Å². The van der Waals surface area contributed by atoms with Gasteiger partial charge in [0.25, 0.3) is 0 Å². The van der Waals surface area contributed by atoms with E-state index in [1.165, 1.54) is 12.1 Å². The van der Waals surface area contributed by atoms with Crippen molar-refractivity contribution in [2.24, 2.45) is 5.92 Å². The average molecular weight is 376 g/mol. The monoisotopic (exact) mass is 375 g/mol. The van der Waals surface area contributed by atoms with Crippen LogP contribution in [0.1, 0.15) is 12.0 Å². The Morgan fingerprint density at radius 1 is 1.23 bits per heavy atom. The van der Waals surface area contributed by atoms with E-state index >= 15 is 0 Å². The Morgan fingerprint density at radius 3 is 2.73 bits per heavy atom. The molecule has 5 nitrogen and oxygen atoms in total. The largest absolute Gasteiger partial charge is 0.338 e. The molecule has 7 heteroatoms. The first-order valence-corrected chi connectivity index (χ1v) is 8.70. The van der Waals surface area contributed by atoms with Crippen LogP contribution in [-0.2, 0) is 11.3 Å². The van der Waals surface area contributed by atoms with E-state index in [4.69, 9.17) is 11.6 Å². The van der Waals surface area contributed by atoms with E-state index < -0.39 is 0 Å². The van der Waals surface area contributed by atoms with E-state index in [-0.39, 0.29) is 23.7 Å². The van der Waals surface area contributed by atoms with Gasteiger partial charge in [0, 0.05) is 42.7 Å². The summed E-state index contributed by atoms with van der Waals surface area (Å²) >= 11 is 5.88. The average Bonchev–Trinajstić information content (AvgIpc) is 2.95. The number of halogens is 2. The second-order valence-electron chi connectivity index (χ2n) is 6.32. The molecule has 2 aromatic carbocycles. The van der Waals surface area contributed by atoms with Crippen LogP contribution < -0.4 is 10.6 Å². The molecule has 3 amide bonds. The molecule has 1 heterocycles. The predicted molar refractivity (Wildman–Crippen MR) is 98.4 cm³/mol. The summed E-state index contributed by atoms with van der Waals surface area (Å²) in [6.45, 7) is 1.41. The fourth-order valence-corrected chi connectivity index (χ4v) is 3.12. The van der Waals surface area contributed by atoms with Gasteiger partial charge in [-0.3, -0.25) is 4.79 Å².